The van der Waals surface area contributed by atoms with Gasteiger partial charge in [-0.05, 0) is 56.2 Å². The van der Waals surface area contributed by atoms with Crippen molar-refractivity contribution in [3.63, 3.8) is 0 Å². The zero-order chi connectivity index (χ0) is 23.8. The second-order valence-corrected chi connectivity index (χ2v) is 9.83. The Kier molecular flexibility index (Phi) is 5.95. The molecule has 170 valence electrons. The lowest BCUT2D eigenvalue weighted by Gasteiger charge is -2.17. The first kappa shape index (κ1) is 22.5. The Bertz CT molecular complexity index is 1350. The van der Waals surface area contributed by atoms with E-state index in [9.17, 15) is 18.0 Å². The van der Waals surface area contributed by atoms with Gasteiger partial charge in [-0.15, -0.1) is 0 Å². The van der Waals surface area contributed by atoms with Gasteiger partial charge in [0.05, 0.1) is 13.1 Å². The van der Waals surface area contributed by atoms with Crippen LogP contribution >= 0.6 is 0 Å². The van der Waals surface area contributed by atoms with Crippen LogP contribution in [0.5, 0.6) is 0 Å². The van der Waals surface area contributed by atoms with Crippen LogP contribution in [0, 0.1) is 13.8 Å². The average molecular weight is 465 g/mol. The topological polar surface area (TPSA) is 96.7 Å². The molecule has 0 saturated heterocycles. The van der Waals surface area contributed by atoms with E-state index in [2.05, 4.69) is 5.32 Å². The number of amides is 2. The van der Waals surface area contributed by atoms with Crippen LogP contribution in [0.3, 0.4) is 0 Å². The molecule has 2 amide bonds. The molecule has 4 rings (SSSR count). The molecule has 1 aliphatic heterocycles. The molecule has 1 N–H and O–H groups in total. The lowest BCUT2D eigenvalue weighted by Crippen LogP contribution is -2.31. The van der Waals surface area contributed by atoms with Crippen molar-refractivity contribution in [3.05, 3.63) is 100 Å². The number of benzene rings is 2. The standard InChI is InChI=1S/C25H24N2O5S/c1-16-4-9-20(10-5-16)23-18(3)25(29)27(33(23,30)31)15-19-7-11-21(12-8-19)24(28)26-14-22-13-6-17(2)32-22/h4-13H,14-15H2,1-3H3,(H,26,28). The first-order chi connectivity index (χ1) is 15.7. The number of sulfonamides is 1. The Hall–Kier alpha value is -3.65. The molecule has 0 bridgehead atoms. The highest BCUT2D eigenvalue weighted by Gasteiger charge is 2.42. The highest BCUT2D eigenvalue weighted by atomic mass is 32.2. The van der Waals surface area contributed by atoms with Crippen LogP contribution in [0.2, 0.25) is 0 Å². The Balaban J connectivity index is 1.47. The number of hydrogen-bond donors (Lipinski definition) is 1. The SMILES string of the molecule is CC1=C(c2ccc(C)cc2)S(=O)(=O)N(Cc2ccc(C(=O)NCc3ccc(C)o3)cc2)C1=O. The summed E-state index contributed by atoms with van der Waals surface area (Å²) in [5, 5.41) is 2.78. The van der Waals surface area contributed by atoms with Crippen molar-refractivity contribution in [1.29, 1.82) is 0 Å². The number of carbonyl (C=O) groups is 2. The molecule has 0 radical (unpaired) electrons. The number of furan rings is 1. The summed E-state index contributed by atoms with van der Waals surface area (Å²) in [6.45, 7) is 5.43. The van der Waals surface area contributed by atoms with Crippen molar-refractivity contribution in [3.8, 4) is 0 Å². The third-order valence-electron chi connectivity index (χ3n) is 5.51. The third kappa shape index (κ3) is 4.47. The molecule has 3 aromatic rings. The fourth-order valence-corrected chi connectivity index (χ4v) is 5.50. The van der Waals surface area contributed by atoms with Gasteiger partial charge in [0.15, 0.2) is 0 Å². The molecule has 7 nitrogen and oxygen atoms in total. The number of hydrogen-bond acceptors (Lipinski definition) is 5. The van der Waals surface area contributed by atoms with Crippen molar-refractivity contribution in [1.82, 2.24) is 9.62 Å². The molecular weight excluding hydrogens is 440 g/mol. The van der Waals surface area contributed by atoms with E-state index in [1.165, 1.54) is 6.92 Å². The van der Waals surface area contributed by atoms with Crippen molar-refractivity contribution in [2.45, 2.75) is 33.9 Å². The molecule has 0 aliphatic carbocycles. The number of carbonyl (C=O) groups excluding carboxylic acids is 2. The summed E-state index contributed by atoms with van der Waals surface area (Å²) >= 11 is 0. The van der Waals surface area contributed by atoms with E-state index in [0.717, 1.165) is 15.6 Å². The van der Waals surface area contributed by atoms with Gasteiger partial charge in [-0.2, -0.15) is 0 Å². The summed E-state index contributed by atoms with van der Waals surface area (Å²) in [6.07, 6.45) is 0. The van der Waals surface area contributed by atoms with E-state index in [-0.39, 0.29) is 29.5 Å². The van der Waals surface area contributed by atoms with Gasteiger partial charge < -0.3 is 9.73 Å². The quantitative estimate of drug-likeness (QED) is 0.596. The normalized spacial score (nSPS) is 15.2. The fourth-order valence-electron chi connectivity index (χ4n) is 3.70. The van der Waals surface area contributed by atoms with Crippen LogP contribution in [0.1, 0.15) is 45.5 Å². The van der Waals surface area contributed by atoms with Gasteiger partial charge in [0.1, 0.15) is 16.4 Å². The number of nitrogens with zero attached hydrogens (tertiary/aromatic N) is 1. The first-order valence-corrected chi connectivity index (χ1v) is 11.9. The minimum Gasteiger partial charge on any atom is -0.465 e. The highest BCUT2D eigenvalue weighted by molar-refractivity contribution is 7.99. The number of rotatable bonds is 6. The zero-order valence-corrected chi connectivity index (χ0v) is 19.4. The van der Waals surface area contributed by atoms with Crippen LogP contribution in [0.25, 0.3) is 4.91 Å². The van der Waals surface area contributed by atoms with Gasteiger partial charge in [0.25, 0.3) is 21.8 Å². The summed E-state index contributed by atoms with van der Waals surface area (Å²) in [7, 11) is -3.98. The lowest BCUT2D eigenvalue weighted by molar-refractivity contribution is -0.122. The van der Waals surface area contributed by atoms with Crippen molar-refractivity contribution in [2.24, 2.45) is 0 Å². The summed E-state index contributed by atoms with van der Waals surface area (Å²) < 4.78 is 32.7. The van der Waals surface area contributed by atoms with E-state index >= 15 is 0 Å². The molecule has 0 atom stereocenters. The van der Waals surface area contributed by atoms with Crippen molar-refractivity contribution < 1.29 is 22.4 Å². The van der Waals surface area contributed by atoms with Gasteiger partial charge >= 0.3 is 0 Å². The van der Waals surface area contributed by atoms with Gasteiger partial charge in [-0.1, -0.05) is 42.0 Å². The minimum atomic E-state index is -3.98. The van der Waals surface area contributed by atoms with E-state index < -0.39 is 15.9 Å². The largest absolute Gasteiger partial charge is 0.465 e. The Labute approximate surface area is 192 Å². The molecule has 0 unspecified atom stereocenters. The second-order valence-electron chi connectivity index (χ2n) is 8.03. The first-order valence-electron chi connectivity index (χ1n) is 10.4. The summed E-state index contributed by atoms with van der Waals surface area (Å²) in [5.41, 5.74) is 2.71. The highest BCUT2D eigenvalue weighted by Crippen LogP contribution is 2.36. The summed E-state index contributed by atoms with van der Waals surface area (Å²) in [4.78, 5) is 25.2. The molecule has 0 saturated carbocycles. The Morgan fingerprint density at radius 3 is 2.21 bits per heavy atom. The predicted octanol–water partition coefficient (Wildman–Crippen LogP) is 3.93. The van der Waals surface area contributed by atoms with Gasteiger partial charge in [0, 0.05) is 11.1 Å². The number of aryl methyl sites for hydroxylation is 2. The van der Waals surface area contributed by atoms with Crippen molar-refractivity contribution >= 4 is 26.7 Å². The predicted molar refractivity (Wildman–Crippen MR) is 124 cm³/mol. The van der Waals surface area contributed by atoms with Crippen molar-refractivity contribution in [2.75, 3.05) is 0 Å². The fraction of sp³-hybridized carbons (Fsp3) is 0.200. The van der Waals surface area contributed by atoms with E-state index in [1.807, 2.05) is 32.0 Å². The molecule has 2 heterocycles. The maximum atomic E-state index is 13.2. The molecule has 8 heteroatoms. The van der Waals surface area contributed by atoms with E-state index in [1.54, 1.807) is 42.5 Å². The third-order valence-corrected chi connectivity index (χ3v) is 7.44. The smallest absolute Gasteiger partial charge is 0.268 e. The molecule has 0 spiro atoms. The molecule has 1 aromatic heterocycles. The van der Waals surface area contributed by atoms with Gasteiger partial charge in [-0.25, -0.2) is 12.7 Å². The molecule has 0 fully saturated rings. The van der Waals surface area contributed by atoms with Crippen LogP contribution in [-0.2, 0) is 27.9 Å². The Morgan fingerprint density at radius 2 is 1.61 bits per heavy atom. The van der Waals surface area contributed by atoms with Crippen LogP contribution in [-0.4, -0.2) is 24.5 Å². The van der Waals surface area contributed by atoms with E-state index in [4.69, 9.17) is 4.42 Å². The molecular formula is C25H24N2O5S. The van der Waals surface area contributed by atoms with E-state index in [0.29, 0.717) is 22.5 Å². The van der Waals surface area contributed by atoms with Crippen LogP contribution < -0.4 is 5.32 Å². The van der Waals surface area contributed by atoms with Gasteiger partial charge in [-0.3, -0.25) is 9.59 Å². The molecule has 1 aliphatic rings. The van der Waals surface area contributed by atoms with Crippen LogP contribution in [0.15, 0.2) is 70.7 Å². The Morgan fingerprint density at radius 1 is 0.939 bits per heavy atom. The minimum absolute atomic E-state index is 0.0386. The average Bonchev–Trinajstić information content (AvgIpc) is 3.28. The maximum absolute atomic E-state index is 13.2. The number of nitrogens with one attached hydrogen (secondary N) is 1. The van der Waals surface area contributed by atoms with Crippen LogP contribution in [0.4, 0.5) is 0 Å². The zero-order valence-electron chi connectivity index (χ0n) is 18.6. The second kappa shape index (κ2) is 8.71. The maximum Gasteiger partial charge on any atom is 0.268 e. The summed E-state index contributed by atoms with van der Waals surface area (Å²) in [5.74, 6) is 0.605. The molecule has 2 aromatic carbocycles. The summed E-state index contributed by atoms with van der Waals surface area (Å²) in [6, 6.07) is 17.2. The lowest BCUT2D eigenvalue weighted by atomic mass is 10.1. The monoisotopic (exact) mass is 464 g/mol. The van der Waals surface area contributed by atoms with Gasteiger partial charge in [0.2, 0.25) is 0 Å². The molecule has 33 heavy (non-hydrogen) atoms.